The van der Waals surface area contributed by atoms with Gasteiger partial charge in [-0.2, -0.15) is 0 Å². The number of pyridine rings is 1. The number of phenolic OH excluding ortho intramolecular Hbond substituents is 1. The van der Waals surface area contributed by atoms with Gasteiger partial charge in [0, 0.05) is 55.1 Å². The van der Waals surface area contributed by atoms with Crippen LogP contribution in [0.15, 0.2) is 96.8 Å². The van der Waals surface area contributed by atoms with E-state index in [-0.39, 0.29) is 60.8 Å². The number of hydrogen-bond donors (Lipinski definition) is 6. The van der Waals surface area contributed by atoms with Crippen LogP contribution in [0, 0.1) is 24.2 Å². The molecule has 1 aromatic carbocycles. The van der Waals surface area contributed by atoms with Gasteiger partial charge in [-0.15, -0.1) is 6.08 Å². The number of nitrogens with zero attached hydrogens (tertiary/aromatic N) is 2. The molecule has 7 atom stereocenters. The Morgan fingerprint density at radius 2 is 1.84 bits per heavy atom. The molecule has 6 N–H and O–H groups in total. The molecule has 0 saturated carbocycles. The summed E-state index contributed by atoms with van der Waals surface area (Å²) >= 11 is 0. The van der Waals surface area contributed by atoms with Crippen molar-refractivity contribution in [1.82, 2.24) is 26.1 Å². The van der Waals surface area contributed by atoms with Crippen LogP contribution in [0.1, 0.15) is 72.3 Å². The minimum Gasteiger partial charge on any atom is -0.508 e. The molecule has 2 aliphatic heterocycles. The first-order chi connectivity index (χ1) is 29.1. The Bertz CT molecular complexity index is 1970. The summed E-state index contributed by atoms with van der Waals surface area (Å²) in [6.07, 6.45) is 14.0. The molecule has 2 bridgehead atoms. The average molecular weight is 895 g/mol. The van der Waals surface area contributed by atoms with Crippen molar-refractivity contribution in [3.05, 3.63) is 109 Å². The molecule has 1 saturated heterocycles. The Hall–Kier alpha value is -5.54. The van der Waals surface area contributed by atoms with Crippen molar-refractivity contribution in [2.24, 2.45) is 17.8 Å². The molecule has 1 unspecified atom stereocenters. The Morgan fingerprint density at radius 1 is 1.06 bits per heavy atom. The first kappa shape index (κ1) is 50.8. The van der Waals surface area contributed by atoms with Crippen molar-refractivity contribution >= 4 is 41.2 Å². The van der Waals surface area contributed by atoms with Crippen molar-refractivity contribution in [3.8, 4) is 5.75 Å². The molecular formula is C46H59MnN6O9-. The predicted octanol–water partition coefficient (Wildman–Crippen LogP) is 4.20. The van der Waals surface area contributed by atoms with E-state index in [4.69, 9.17) is 4.74 Å². The van der Waals surface area contributed by atoms with E-state index in [0.29, 0.717) is 29.8 Å². The van der Waals surface area contributed by atoms with E-state index in [0.717, 1.165) is 0 Å². The fourth-order valence-electron chi connectivity index (χ4n) is 6.91. The number of phenols is 1. The smallest absolute Gasteiger partial charge is 0.325 e. The van der Waals surface area contributed by atoms with Crippen LogP contribution in [-0.4, -0.2) is 92.5 Å². The van der Waals surface area contributed by atoms with E-state index in [2.05, 4.69) is 26.4 Å². The predicted molar refractivity (Wildman–Crippen MR) is 230 cm³/mol. The number of cyclic esters (lactones) is 1. The molecular weight excluding hydrogens is 835 g/mol. The number of ether oxygens (including phenoxy) is 1. The number of aromatic hydroxyl groups is 1. The molecule has 4 rings (SSSR count). The summed E-state index contributed by atoms with van der Waals surface area (Å²) in [5, 5.41) is 31.2. The Labute approximate surface area is 374 Å². The number of rotatable bonds is 10. The summed E-state index contributed by atoms with van der Waals surface area (Å²) < 4.78 is 6.05. The number of hydrogen-bond acceptors (Lipinski definition) is 11. The summed E-state index contributed by atoms with van der Waals surface area (Å²) in [7, 11) is 0. The van der Waals surface area contributed by atoms with Crippen molar-refractivity contribution in [3.63, 3.8) is 0 Å². The van der Waals surface area contributed by atoms with Crippen LogP contribution in [0.3, 0.4) is 0 Å². The second kappa shape index (κ2) is 25.4. The summed E-state index contributed by atoms with van der Waals surface area (Å²) in [5.41, 5.74) is 4.19. The molecule has 3 heterocycles. The third kappa shape index (κ3) is 16.1. The van der Waals surface area contributed by atoms with Gasteiger partial charge in [0.2, 0.25) is 17.7 Å². The minimum atomic E-state index is -1.21. The van der Waals surface area contributed by atoms with Crippen molar-refractivity contribution in [1.29, 1.82) is 0 Å². The second-order valence-corrected chi connectivity index (χ2v) is 15.8. The van der Waals surface area contributed by atoms with Gasteiger partial charge < -0.3 is 35.7 Å². The van der Waals surface area contributed by atoms with Gasteiger partial charge in [0.25, 0.3) is 5.91 Å². The van der Waals surface area contributed by atoms with Gasteiger partial charge in [0.15, 0.2) is 0 Å². The molecule has 2 aliphatic rings. The Balaban J connectivity index is 0.0000102. The van der Waals surface area contributed by atoms with Crippen molar-refractivity contribution in [2.45, 2.75) is 103 Å². The van der Waals surface area contributed by atoms with Gasteiger partial charge in [-0.3, -0.25) is 29.0 Å². The number of nitrogens with one attached hydrogen (secondary N) is 4. The van der Waals surface area contributed by atoms with E-state index < -0.39 is 77.7 Å². The van der Waals surface area contributed by atoms with Crippen LogP contribution in [0.5, 0.6) is 5.75 Å². The molecule has 1 radical (unpaired) electrons. The monoisotopic (exact) mass is 894 g/mol. The quantitative estimate of drug-likeness (QED) is 0.0654. The number of aromatic nitrogens is 1. The number of carbonyl (C=O) groups is 6. The zero-order valence-corrected chi connectivity index (χ0v) is 37.0. The number of fused-ring (bicyclic) bond motifs is 2. The molecule has 1 fully saturated rings. The van der Waals surface area contributed by atoms with Crippen molar-refractivity contribution < 1.29 is 60.8 Å². The maximum atomic E-state index is 14.3. The molecule has 1 aromatic heterocycles. The molecule has 62 heavy (non-hydrogen) atoms. The number of ketones is 1. The standard InChI is InChI=1S/C46H59N6O9.Mn/c1-29(2)41-44(58)48-37(28-33-17-13-18-34(54)27-33)45(59)52-26-14-19-36(51-52)46(60)61-38(30(3)16-12-22-40(55)49-39-21-10-11-25-47-39)20-9-7-6-8-15-31(4)42(56)35(43(57)50-41)24-23-32(5)53;/h6-13,15-18,21-22,25,27,29,31,35-38,41-42,51,54,56H,14,19-20,23-24,26,28H2,1-5H3,(H,48,58)(H,50,57)(H,47,49,55);/q-1;/b8-6+,9-7+,22-12+,30-16+;/t31-,35+,36?,37-,38-,41-,42+;/m0./s1. The largest absolute Gasteiger partial charge is 0.508 e. The van der Waals surface area contributed by atoms with Gasteiger partial charge in [-0.05, 0) is 74.4 Å². The number of hydrazine groups is 1. The molecule has 335 valence electrons. The van der Waals surface area contributed by atoms with Crippen LogP contribution < -0.4 is 21.4 Å². The van der Waals surface area contributed by atoms with Gasteiger partial charge in [0.1, 0.15) is 41.6 Å². The average Bonchev–Trinajstić information content (AvgIpc) is 3.22. The van der Waals surface area contributed by atoms with Crippen LogP contribution in [-0.2, 0) is 57.0 Å². The van der Waals surface area contributed by atoms with E-state index in [1.807, 2.05) is 0 Å². The summed E-state index contributed by atoms with van der Waals surface area (Å²) in [4.78, 5) is 84.7. The van der Waals surface area contributed by atoms with Crippen LogP contribution in [0.4, 0.5) is 5.82 Å². The summed E-state index contributed by atoms with van der Waals surface area (Å²) in [6, 6.07) is 8.19. The van der Waals surface area contributed by atoms with Crippen LogP contribution >= 0.6 is 0 Å². The summed E-state index contributed by atoms with van der Waals surface area (Å²) in [6.45, 7) is 8.60. The number of benzene rings is 1. The SMILES string of the molecule is CC(=O)CC[C@H]1C(=O)N[C@@H](C(C)C)C(=O)N[C@@H](Cc2cccc(O)c2)C(=O)N2CCCC(N2)C(=O)O[C@H](/C(C)=C/C=C/C(=O)Nc2ccccn2)C/C=C/C=C/[CH-][C@H](C)[C@H]1O.[Mn]. The third-order valence-electron chi connectivity index (χ3n) is 10.5. The number of esters is 1. The van der Waals surface area contributed by atoms with E-state index in [1.165, 1.54) is 30.1 Å². The van der Waals surface area contributed by atoms with E-state index in [1.54, 1.807) is 107 Å². The van der Waals surface area contributed by atoms with E-state index >= 15 is 0 Å². The zero-order valence-electron chi connectivity index (χ0n) is 35.8. The van der Waals surface area contributed by atoms with Crippen LogP contribution in [0.2, 0.25) is 0 Å². The Morgan fingerprint density at radius 3 is 2.53 bits per heavy atom. The van der Waals surface area contributed by atoms with E-state index in [9.17, 15) is 39.0 Å². The van der Waals surface area contributed by atoms with Crippen LogP contribution in [0.25, 0.3) is 0 Å². The normalized spacial score (nSPS) is 25.8. The zero-order chi connectivity index (χ0) is 44.5. The second-order valence-electron chi connectivity index (χ2n) is 15.8. The third-order valence-corrected chi connectivity index (χ3v) is 10.5. The topological polar surface area (TPSA) is 216 Å². The number of anilines is 1. The van der Waals surface area contributed by atoms with Gasteiger partial charge in [0.05, 0.1) is 12.0 Å². The number of aliphatic hydroxyl groups is 1. The molecule has 2 aromatic rings. The first-order valence-corrected chi connectivity index (χ1v) is 20.7. The number of amides is 4. The van der Waals surface area contributed by atoms with Gasteiger partial charge >= 0.3 is 5.97 Å². The fourth-order valence-corrected chi connectivity index (χ4v) is 6.91. The first-order valence-electron chi connectivity index (χ1n) is 20.7. The number of carbonyl (C=O) groups excluding carboxylic acids is 6. The number of aliphatic hydroxyl groups excluding tert-OH is 1. The van der Waals surface area contributed by atoms with Gasteiger partial charge in [-0.25, -0.2) is 29.0 Å². The Kier molecular flexibility index (Phi) is 20.8. The maximum absolute atomic E-state index is 14.3. The maximum Gasteiger partial charge on any atom is 0.325 e. The molecule has 0 aliphatic carbocycles. The molecule has 15 nitrogen and oxygen atoms in total. The fraction of sp³-hybridized carbons (Fsp3) is 0.435. The number of Topliss-reactive ketones (excluding diaryl/α,β-unsaturated/α-hetero) is 1. The molecule has 4 amide bonds. The molecule has 0 spiro atoms. The van der Waals surface area contributed by atoms with Crippen molar-refractivity contribution in [2.75, 3.05) is 11.9 Å². The number of allylic oxidation sites excluding steroid dienone is 5. The summed E-state index contributed by atoms with van der Waals surface area (Å²) in [5.74, 6) is -4.65. The van der Waals surface area contributed by atoms with Gasteiger partial charge in [-0.1, -0.05) is 63.1 Å². The minimum absolute atomic E-state index is 0. The molecule has 16 heteroatoms.